The second kappa shape index (κ2) is 9.48. The maximum Gasteiger partial charge on any atom is 0.345 e. The first kappa shape index (κ1) is 22.3. The summed E-state index contributed by atoms with van der Waals surface area (Å²) in [5.74, 6) is -0.309. The lowest BCUT2D eigenvalue weighted by Gasteiger charge is -2.24. The second-order valence-corrected chi connectivity index (χ2v) is 11.2. The van der Waals surface area contributed by atoms with Crippen molar-refractivity contribution < 1.29 is 14.6 Å². The number of likely N-dealkylation sites (tertiary alicyclic amines) is 1. The Labute approximate surface area is 205 Å². The van der Waals surface area contributed by atoms with Gasteiger partial charge in [-0.2, -0.15) is 0 Å². The van der Waals surface area contributed by atoms with Crippen LogP contribution in [0.1, 0.15) is 84.2 Å². The predicted molar refractivity (Wildman–Crippen MR) is 137 cm³/mol. The molecule has 1 aromatic carbocycles. The fourth-order valence-electron chi connectivity index (χ4n) is 6.45. The van der Waals surface area contributed by atoms with Crippen LogP contribution in [0.5, 0.6) is 0 Å². The van der Waals surface area contributed by atoms with Crippen LogP contribution in [0.2, 0.25) is 0 Å². The number of aryl methyl sites for hydroxylation is 1. The van der Waals surface area contributed by atoms with E-state index in [1.807, 2.05) is 6.07 Å². The number of carboxylic acids is 1. The molecule has 2 fully saturated rings. The monoisotopic (exact) mass is 478 g/mol. The molecule has 3 aromatic rings. The van der Waals surface area contributed by atoms with Gasteiger partial charge in [0.2, 0.25) is 0 Å². The standard InChI is InChI=1S/C28H34N2O3S/c31-28(32)24-18-22-27(34-24)25(19-8-2-1-3-9-19)26-21-11-5-4-10-20(21)23(12-15-30(22)26)33-17-16-29-13-6-7-14-29/h4-5,10-11,18-19,23H,1-3,6-9,12-17H2,(H,31,32). The fourth-order valence-corrected chi connectivity index (χ4v) is 7.57. The number of ether oxygens (including phenoxy) is 1. The lowest BCUT2D eigenvalue weighted by atomic mass is 9.82. The van der Waals surface area contributed by atoms with Crippen LogP contribution in [-0.2, 0) is 11.3 Å². The van der Waals surface area contributed by atoms with Gasteiger partial charge < -0.3 is 19.3 Å². The summed E-state index contributed by atoms with van der Waals surface area (Å²) in [6.07, 6.45) is 9.83. The highest BCUT2D eigenvalue weighted by atomic mass is 32.1. The van der Waals surface area contributed by atoms with Gasteiger partial charge in [0.1, 0.15) is 4.88 Å². The van der Waals surface area contributed by atoms with Gasteiger partial charge in [-0.1, -0.05) is 43.5 Å². The van der Waals surface area contributed by atoms with Gasteiger partial charge in [0, 0.05) is 18.7 Å². The third kappa shape index (κ3) is 4.00. The van der Waals surface area contributed by atoms with Crippen LogP contribution < -0.4 is 0 Å². The summed E-state index contributed by atoms with van der Waals surface area (Å²) in [5.41, 5.74) is 6.41. The van der Waals surface area contributed by atoms with E-state index in [0.29, 0.717) is 10.8 Å². The molecule has 0 radical (unpaired) electrons. The molecule has 2 aliphatic heterocycles. The molecule has 1 saturated carbocycles. The number of rotatable bonds is 6. The molecule has 1 aliphatic carbocycles. The molecule has 1 N–H and O–H groups in total. The number of hydrogen-bond acceptors (Lipinski definition) is 4. The summed E-state index contributed by atoms with van der Waals surface area (Å²) in [7, 11) is 0. The molecule has 34 heavy (non-hydrogen) atoms. The molecule has 1 saturated heterocycles. The number of thiophene rings is 1. The summed E-state index contributed by atoms with van der Waals surface area (Å²) in [5, 5.41) is 9.73. The molecule has 6 rings (SSSR count). The fraction of sp³-hybridized carbons (Fsp3) is 0.536. The normalized spacial score (nSPS) is 21.5. The zero-order chi connectivity index (χ0) is 23.1. The minimum Gasteiger partial charge on any atom is -0.477 e. The van der Waals surface area contributed by atoms with Gasteiger partial charge in [0.25, 0.3) is 0 Å². The molecule has 2 aromatic heterocycles. The lowest BCUT2D eigenvalue weighted by Crippen LogP contribution is -2.25. The smallest absolute Gasteiger partial charge is 0.345 e. The van der Waals surface area contributed by atoms with E-state index in [0.717, 1.165) is 31.6 Å². The number of nitrogens with zero attached hydrogens (tertiary/aromatic N) is 2. The van der Waals surface area contributed by atoms with Gasteiger partial charge >= 0.3 is 5.97 Å². The van der Waals surface area contributed by atoms with Gasteiger partial charge in [-0.25, -0.2) is 4.79 Å². The number of carbonyl (C=O) groups is 1. The quantitative estimate of drug-likeness (QED) is 0.430. The average Bonchev–Trinajstić information content (AvgIpc) is 3.56. The van der Waals surface area contributed by atoms with E-state index >= 15 is 0 Å². The number of carboxylic acid groups (broad SMARTS) is 1. The number of fused-ring (bicyclic) bond motifs is 5. The molecule has 0 bridgehead atoms. The minimum absolute atomic E-state index is 0.0746. The summed E-state index contributed by atoms with van der Waals surface area (Å²) >= 11 is 1.47. The maximum atomic E-state index is 11.8. The van der Waals surface area contributed by atoms with Crippen LogP contribution in [-0.4, -0.2) is 46.8 Å². The zero-order valence-electron chi connectivity index (χ0n) is 19.8. The number of aromatic nitrogens is 1. The topological polar surface area (TPSA) is 54.7 Å². The molecule has 1 atom stereocenters. The van der Waals surface area contributed by atoms with Crippen molar-refractivity contribution in [2.45, 2.75) is 69.9 Å². The second-order valence-electron chi connectivity index (χ2n) is 10.2. The lowest BCUT2D eigenvalue weighted by molar-refractivity contribution is 0.0336. The largest absolute Gasteiger partial charge is 0.477 e. The van der Waals surface area contributed by atoms with E-state index in [-0.39, 0.29) is 6.10 Å². The van der Waals surface area contributed by atoms with Crippen LogP contribution in [0.3, 0.4) is 0 Å². The number of hydrogen-bond donors (Lipinski definition) is 1. The highest BCUT2D eigenvalue weighted by Gasteiger charge is 2.32. The minimum atomic E-state index is -0.817. The Morgan fingerprint density at radius 2 is 1.82 bits per heavy atom. The van der Waals surface area contributed by atoms with E-state index in [9.17, 15) is 9.90 Å². The van der Waals surface area contributed by atoms with Crippen molar-refractivity contribution >= 4 is 27.5 Å². The zero-order valence-corrected chi connectivity index (χ0v) is 20.6. The molecule has 0 amide bonds. The maximum absolute atomic E-state index is 11.8. The third-order valence-corrected chi connectivity index (χ3v) is 9.25. The van der Waals surface area contributed by atoms with Crippen LogP contribution in [0.15, 0.2) is 30.3 Å². The summed E-state index contributed by atoms with van der Waals surface area (Å²) < 4.78 is 10.2. The van der Waals surface area contributed by atoms with Crippen molar-refractivity contribution in [1.29, 1.82) is 0 Å². The average molecular weight is 479 g/mol. The molecule has 3 aliphatic rings. The van der Waals surface area contributed by atoms with Crippen LogP contribution >= 0.6 is 11.3 Å². The highest BCUT2D eigenvalue weighted by molar-refractivity contribution is 7.21. The van der Waals surface area contributed by atoms with E-state index in [4.69, 9.17) is 4.74 Å². The van der Waals surface area contributed by atoms with Crippen LogP contribution in [0, 0.1) is 0 Å². The molecule has 6 heteroatoms. The first-order chi connectivity index (χ1) is 16.7. The third-order valence-electron chi connectivity index (χ3n) is 8.10. The predicted octanol–water partition coefficient (Wildman–Crippen LogP) is 6.67. The van der Waals surface area contributed by atoms with Crippen molar-refractivity contribution in [2.24, 2.45) is 0 Å². The molecule has 180 valence electrons. The molecule has 1 unspecified atom stereocenters. The Hall–Kier alpha value is -2.15. The molecular formula is C28H34N2O3S. The Bertz CT molecular complexity index is 1180. The van der Waals surface area contributed by atoms with Crippen molar-refractivity contribution in [3.05, 3.63) is 46.3 Å². The van der Waals surface area contributed by atoms with Gasteiger partial charge in [0.05, 0.1) is 28.6 Å². The summed E-state index contributed by atoms with van der Waals surface area (Å²) in [6, 6.07) is 10.7. The Balaban J connectivity index is 1.41. The van der Waals surface area contributed by atoms with Gasteiger partial charge in [-0.3, -0.25) is 0 Å². The Morgan fingerprint density at radius 3 is 2.62 bits per heavy atom. The van der Waals surface area contributed by atoms with Crippen LogP contribution in [0.4, 0.5) is 0 Å². The van der Waals surface area contributed by atoms with Crippen molar-refractivity contribution in [2.75, 3.05) is 26.2 Å². The molecular weight excluding hydrogens is 444 g/mol. The van der Waals surface area contributed by atoms with E-state index in [1.165, 1.54) is 96.5 Å². The molecule has 0 spiro atoms. The SMILES string of the molecule is O=C(O)c1cc2c(s1)c(C1CCCCC1)c1n2CCC(OCCN2CCCC2)c2ccccc2-1. The number of aromatic carboxylic acids is 1. The van der Waals surface area contributed by atoms with Crippen molar-refractivity contribution in [3.8, 4) is 11.3 Å². The Kier molecular flexibility index (Phi) is 6.22. The van der Waals surface area contributed by atoms with E-state index in [1.54, 1.807) is 0 Å². The van der Waals surface area contributed by atoms with E-state index in [2.05, 4.69) is 33.7 Å². The van der Waals surface area contributed by atoms with Crippen molar-refractivity contribution in [3.63, 3.8) is 0 Å². The van der Waals surface area contributed by atoms with Gasteiger partial charge in [0.15, 0.2) is 0 Å². The number of benzene rings is 1. The van der Waals surface area contributed by atoms with E-state index < -0.39 is 5.97 Å². The molecule has 4 heterocycles. The Morgan fingerprint density at radius 1 is 1.03 bits per heavy atom. The summed E-state index contributed by atoms with van der Waals surface area (Å²) in [4.78, 5) is 14.8. The van der Waals surface area contributed by atoms with Gasteiger partial charge in [-0.05, 0) is 68.3 Å². The highest BCUT2D eigenvalue weighted by Crippen LogP contribution is 2.49. The first-order valence-corrected chi connectivity index (χ1v) is 13.8. The summed E-state index contributed by atoms with van der Waals surface area (Å²) in [6.45, 7) is 5.03. The van der Waals surface area contributed by atoms with Gasteiger partial charge in [-0.15, -0.1) is 11.3 Å². The van der Waals surface area contributed by atoms with Crippen molar-refractivity contribution in [1.82, 2.24) is 9.47 Å². The first-order valence-electron chi connectivity index (χ1n) is 13.0. The molecule has 5 nitrogen and oxygen atoms in total. The van der Waals surface area contributed by atoms with Crippen LogP contribution in [0.25, 0.3) is 21.5 Å².